The van der Waals surface area contributed by atoms with Crippen LogP contribution in [0.5, 0.6) is 0 Å². The van der Waals surface area contributed by atoms with Crippen molar-refractivity contribution in [3.63, 3.8) is 0 Å². The maximum absolute atomic E-state index is 13.0. The molecule has 1 aliphatic heterocycles. The summed E-state index contributed by atoms with van der Waals surface area (Å²) in [5.41, 5.74) is 0.801. The first-order valence-electron chi connectivity index (χ1n) is 11.6. The van der Waals surface area contributed by atoms with E-state index in [1.54, 1.807) is 24.3 Å². The Morgan fingerprint density at radius 2 is 1.53 bits per heavy atom. The molecule has 4 saturated carbocycles. The van der Waals surface area contributed by atoms with Gasteiger partial charge in [-0.25, -0.2) is 4.39 Å². The van der Waals surface area contributed by atoms with Gasteiger partial charge in [-0.15, -0.1) is 0 Å². The van der Waals surface area contributed by atoms with Gasteiger partial charge in [0.2, 0.25) is 11.8 Å². The number of hydrogen-bond acceptors (Lipinski definition) is 2. The minimum Gasteiger partial charge on any atom is -0.353 e. The molecule has 0 unspecified atom stereocenters. The lowest BCUT2D eigenvalue weighted by molar-refractivity contribution is -0.134. The van der Waals surface area contributed by atoms with Gasteiger partial charge in [0.1, 0.15) is 5.82 Å². The molecule has 1 saturated heterocycles. The molecule has 30 heavy (non-hydrogen) atoms. The minimum absolute atomic E-state index is 0.0207. The van der Waals surface area contributed by atoms with Crippen LogP contribution in [0.2, 0.25) is 0 Å². The Balaban J connectivity index is 1.11. The zero-order valence-corrected chi connectivity index (χ0v) is 17.4. The fourth-order valence-corrected chi connectivity index (χ4v) is 6.65. The van der Waals surface area contributed by atoms with E-state index in [1.165, 1.54) is 44.2 Å². The monoisotopic (exact) mass is 410 g/mol. The van der Waals surface area contributed by atoms with E-state index in [2.05, 4.69) is 5.32 Å². The first-order valence-corrected chi connectivity index (χ1v) is 11.6. The summed E-state index contributed by atoms with van der Waals surface area (Å²) in [4.78, 5) is 27.2. The van der Waals surface area contributed by atoms with Crippen LogP contribution in [0.1, 0.15) is 50.5 Å². The summed E-state index contributed by atoms with van der Waals surface area (Å²) in [6.07, 6.45) is 11.4. The maximum Gasteiger partial charge on any atom is 0.246 e. The molecule has 4 aliphatic carbocycles. The Morgan fingerprint density at radius 3 is 2.13 bits per heavy atom. The summed E-state index contributed by atoms with van der Waals surface area (Å²) >= 11 is 0. The molecule has 0 aromatic heterocycles. The number of nitrogens with one attached hydrogen (secondary N) is 1. The molecule has 5 heteroatoms. The Kier molecular flexibility index (Phi) is 5.38. The van der Waals surface area contributed by atoms with Crippen molar-refractivity contribution in [3.05, 3.63) is 41.7 Å². The Morgan fingerprint density at radius 1 is 0.933 bits per heavy atom. The highest BCUT2D eigenvalue weighted by molar-refractivity contribution is 5.92. The molecule has 5 aliphatic rings. The van der Waals surface area contributed by atoms with Gasteiger partial charge in [-0.3, -0.25) is 9.59 Å². The maximum atomic E-state index is 13.0. The molecule has 1 aromatic rings. The molecule has 2 amide bonds. The summed E-state index contributed by atoms with van der Waals surface area (Å²) in [5.74, 6) is 3.13. The number of amides is 2. The Hall–Kier alpha value is -2.17. The second-order valence-corrected chi connectivity index (χ2v) is 9.95. The van der Waals surface area contributed by atoms with Crippen LogP contribution in [-0.4, -0.2) is 35.8 Å². The summed E-state index contributed by atoms with van der Waals surface area (Å²) in [7, 11) is 0. The smallest absolute Gasteiger partial charge is 0.246 e. The van der Waals surface area contributed by atoms with Crippen LogP contribution < -0.4 is 5.32 Å². The van der Waals surface area contributed by atoms with Gasteiger partial charge in [0.25, 0.3) is 0 Å². The molecule has 6 rings (SSSR count). The van der Waals surface area contributed by atoms with E-state index in [0.29, 0.717) is 31.0 Å². The third kappa shape index (κ3) is 4.03. The highest BCUT2D eigenvalue weighted by atomic mass is 19.1. The van der Waals surface area contributed by atoms with Crippen molar-refractivity contribution in [3.8, 4) is 0 Å². The number of piperidine rings is 1. The average molecular weight is 411 g/mol. The van der Waals surface area contributed by atoms with Gasteiger partial charge in [-0.1, -0.05) is 12.1 Å². The van der Waals surface area contributed by atoms with Crippen LogP contribution in [0.4, 0.5) is 4.39 Å². The number of carbonyl (C=O) groups excluding carboxylic acids is 2. The second-order valence-electron chi connectivity index (χ2n) is 9.95. The summed E-state index contributed by atoms with van der Waals surface area (Å²) in [6, 6.07) is 6.47. The van der Waals surface area contributed by atoms with Gasteiger partial charge in [0.05, 0.1) is 0 Å². The van der Waals surface area contributed by atoms with Crippen LogP contribution in [-0.2, 0) is 9.59 Å². The predicted molar refractivity (Wildman–Crippen MR) is 114 cm³/mol. The average Bonchev–Trinajstić information content (AvgIpc) is 2.75. The van der Waals surface area contributed by atoms with E-state index in [1.807, 2.05) is 4.90 Å². The number of hydrogen-bond donors (Lipinski definition) is 1. The third-order valence-corrected chi connectivity index (χ3v) is 8.00. The minimum atomic E-state index is -0.285. The number of nitrogens with zero attached hydrogens (tertiary/aromatic N) is 1. The zero-order chi connectivity index (χ0) is 20.7. The standard InChI is InChI=1S/C25H31FN2O2/c26-22-4-1-16(2-5-22)3-6-23(29)28-9-7-19(8-10-28)25(30)27-24-20-12-17-11-18(14-20)15-21(24)13-17/h1-6,17-21,24H,7-15H2,(H,27,30). The topological polar surface area (TPSA) is 49.4 Å². The molecule has 4 nitrogen and oxygen atoms in total. The van der Waals surface area contributed by atoms with Crippen LogP contribution in [0, 0.1) is 35.4 Å². The second kappa shape index (κ2) is 8.16. The molecule has 1 heterocycles. The van der Waals surface area contributed by atoms with Crippen molar-refractivity contribution in [1.82, 2.24) is 10.2 Å². The lowest BCUT2D eigenvalue weighted by Gasteiger charge is -2.54. The predicted octanol–water partition coefficient (Wildman–Crippen LogP) is 4.02. The Bertz CT molecular complexity index is 798. The molecule has 5 fully saturated rings. The highest BCUT2D eigenvalue weighted by Crippen LogP contribution is 2.53. The Labute approximate surface area is 177 Å². The van der Waals surface area contributed by atoms with E-state index in [4.69, 9.17) is 0 Å². The number of likely N-dealkylation sites (tertiary alicyclic amines) is 1. The summed E-state index contributed by atoms with van der Waals surface area (Å²) in [6.45, 7) is 1.23. The molecule has 0 spiro atoms. The van der Waals surface area contributed by atoms with Crippen molar-refractivity contribution >= 4 is 17.9 Å². The lowest BCUT2D eigenvalue weighted by Crippen LogP contribution is -2.57. The molecule has 160 valence electrons. The van der Waals surface area contributed by atoms with Crippen LogP contribution in [0.15, 0.2) is 30.3 Å². The van der Waals surface area contributed by atoms with Gasteiger partial charge >= 0.3 is 0 Å². The largest absolute Gasteiger partial charge is 0.353 e. The normalized spacial score (nSPS) is 33.2. The molecule has 1 N–H and O–H groups in total. The van der Waals surface area contributed by atoms with Gasteiger partial charge in [0.15, 0.2) is 0 Å². The van der Waals surface area contributed by atoms with Gasteiger partial charge in [-0.05, 0) is 92.4 Å². The van der Waals surface area contributed by atoms with Crippen LogP contribution >= 0.6 is 0 Å². The van der Waals surface area contributed by atoms with Crippen LogP contribution in [0.25, 0.3) is 6.08 Å². The molecule has 0 atom stereocenters. The van der Waals surface area contributed by atoms with Crippen molar-refractivity contribution in [1.29, 1.82) is 0 Å². The van der Waals surface area contributed by atoms with Gasteiger partial charge < -0.3 is 10.2 Å². The lowest BCUT2D eigenvalue weighted by atomic mass is 9.54. The van der Waals surface area contributed by atoms with E-state index < -0.39 is 0 Å². The zero-order valence-electron chi connectivity index (χ0n) is 17.4. The SMILES string of the molecule is O=C(NC1C2CC3CC(C2)CC1C3)C1CCN(C(=O)C=Cc2ccc(F)cc2)CC1. The quantitative estimate of drug-likeness (QED) is 0.763. The van der Waals surface area contributed by atoms with Gasteiger partial charge in [-0.2, -0.15) is 0 Å². The van der Waals surface area contributed by atoms with Crippen LogP contribution in [0.3, 0.4) is 0 Å². The number of benzene rings is 1. The van der Waals surface area contributed by atoms with E-state index >= 15 is 0 Å². The molecule has 0 radical (unpaired) electrons. The van der Waals surface area contributed by atoms with E-state index in [-0.39, 0.29) is 23.5 Å². The third-order valence-electron chi connectivity index (χ3n) is 8.00. The first kappa shape index (κ1) is 19.8. The summed E-state index contributed by atoms with van der Waals surface area (Å²) < 4.78 is 13.0. The van der Waals surface area contributed by atoms with Gasteiger partial charge in [0, 0.05) is 31.1 Å². The first-order chi connectivity index (χ1) is 14.5. The molecular weight excluding hydrogens is 379 g/mol. The fraction of sp³-hybridized carbons (Fsp3) is 0.600. The van der Waals surface area contributed by atoms with Crippen molar-refractivity contribution < 1.29 is 14.0 Å². The molecule has 4 bridgehead atoms. The van der Waals surface area contributed by atoms with Crippen molar-refractivity contribution in [2.75, 3.05) is 13.1 Å². The number of rotatable bonds is 4. The number of halogens is 1. The van der Waals surface area contributed by atoms with Crippen molar-refractivity contribution in [2.24, 2.45) is 29.6 Å². The number of carbonyl (C=O) groups is 2. The molecular formula is C25H31FN2O2. The van der Waals surface area contributed by atoms with E-state index in [0.717, 1.165) is 30.2 Å². The van der Waals surface area contributed by atoms with Crippen molar-refractivity contribution in [2.45, 2.75) is 51.0 Å². The molecule has 1 aromatic carbocycles. The van der Waals surface area contributed by atoms with E-state index in [9.17, 15) is 14.0 Å². The highest BCUT2D eigenvalue weighted by Gasteiger charge is 2.49. The fourth-order valence-electron chi connectivity index (χ4n) is 6.65. The summed E-state index contributed by atoms with van der Waals surface area (Å²) in [5, 5.41) is 3.44.